The lowest BCUT2D eigenvalue weighted by atomic mass is 9.98. The van der Waals surface area contributed by atoms with Gasteiger partial charge >= 0.3 is 5.97 Å². The molecule has 0 unspecified atom stereocenters. The van der Waals surface area contributed by atoms with E-state index in [1.54, 1.807) is 18.7 Å². The number of hydrogen-bond acceptors (Lipinski definition) is 6. The van der Waals surface area contributed by atoms with E-state index in [0.29, 0.717) is 42.1 Å². The molecule has 0 aliphatic carbocycles. The Labute approximate surface area is 153 Å². The molecule has 7 heteroatoms. The minimum atomic E-state index is -0.365. The zero-order valence-electron chi connectivity index (χ0n) is 15.4. The van der Waals surface area contributed by atoms with Crippen LogP contribution in [0.5, 0.6) is 0 Å². The molecule has 0 atom stereocenters. The molecule has 1 amide bonds. The topological polar surface area (TPSA) is 68.7 Å². The summed E-state index contributed by atoms with van der Waals surface area (Å²) >= 11 is 1.25. The monoisotopic (exact) mass is 368 g/mol. The molecule has 0 bridgehead atoms. The van der Waals surface area contributed by atoms with Crippen molar-refractivity contribution in [1.82, 2.24) is 4.98 Å². The molecule has 1 aliphatic rings. The van der Waals surface area contributed by atoms with Crippen LogP contribution in [0.15, 0.2) is 0 Å². The Balaban J connectivity index is 2.20. The van der Waals surface area contributed by atoms with Crippen molar-refractivity contribution in [2.24, 2.45) is 5.92 Å². The van der Waals surface area contributed by atoms with Gasteiger partial charge in [-0.25, -0.2) is 9.78 Å². The van der Waals surface area contributed by atoms with Crippen molar-refractivity contribution in [1.29, 1.82) is 0 Å². The number of unbranched alkanes of at least 4 members (excludes halogenated alkanes) is 2. The first-order valence-corrected chi connectivity index (χ1v) is 9.93. The van der Waals surface area contributed by atoms with Crippen LogP contribution in [0.25, 0.3) is 0 Å². The van der Waals surface area contributed by atoms with Gasteiger partial charge < -0.3 is 9.47 Å². The number of carbonyl (C=O) groups is 2. The SMILES string of the molecule is CCCCCN(C(=O)C1CCOCC1)c1nc(C)c(C(=O)OCC)s1. The van der Waals surface area contributed by atoms with Crippen LogP contribution in [0.3, 0.4) is 0 Å². The predicted molar refractivity (Wildman–Crippen MR) is 98.2 cm³/mol. The van der Waals surface area contributed by atoms with Gasteiger partial charge in [-0.05, 0) is 33.1 Å². The van der Waals surface area contributed by atoms with Gasteiger partial charge in [0.05, 0.1) is 12.3 Å². The fourth-order valence-electron chi connectivity index (χ4n) is 2.87. The fourth-order valence-corrected chi connectivity index (χ4v) is 3.86. The summed E-state index contributed by atoms with van der Waals surface area (Å²) in [7, 11) is 0. The molecule has 140 valence electrons. The third-order valence-corrected chi connectivity index (χ3v) is 5.46. The van der Waals surface area contributed by atoms with E-state index < -0.39 is 0 Å². The zero-order valence-corrected chi connectivity index (χ0v) is 16.2. The van der Waals surface area contributed by atoms with Crippen molar-refractivity contribution in [3.05, 3.63) is 10.6 Å². The molecule has 1 saturated heterocycles. The van der Waals surface area contributed by atoms with E-state index in [9.17, 15) is 9.59 Å². The second-order valence-electron chi connectivity index (χ2n) is 6.22. The smallest absolute Gasteiger partial charge is 0.350 e. The highest BCUT2D eigenvalue weighted by atomic mass is 32.1. The number of amides is 1. The number of ether oxygens (including phenoxy) is 2. The van der Waals surface area contributed by atoms with E-state index in [1.807, 2.05) is 0 Å². The standard InChI is InChI=1S/C18H28N2O4S/c1-4-6-7-10-20(16(21)14-8-11-23-12-9-14)18-19-13(3)15(25-18)17(22)24-5-2/h14H,4-12H2,1-3H3. The predicted octanol–water partition coefficient (Wildman–Crippen LogP) is 3.58. The van der Waals surface area contributed by atoms with Crippen molar-refractivity contribution >= 4 is 28.3 Å². The second-order valence-corrected chi connectivity index (χ2v) is 7.19. The van der Waals surface area contributed by atoms with E-state index in [2.05, 4.69) is 11.9 Å². The number of aromatic nitrogens is 1. The van der Waals surface area contributed by atoms with Crippen LogP contribution >= 0.6 is 11.3 Å². The number of hydrogen-bond donors (Lipinski definition) is 0. The molecule has 0 radical (unpaired) electrons. The summed E-state index contributed by atoms with van der Waals surface area (Å²) in [5, 5.41) is 0.605. The van der Waals surface area contributed by atoms with Gasteiger partial charge in [-0.3, -0.25) is 9.69 Å². The molecule has 25 heavy (non-hydrogen) atoms. The zero-order chi connectivity index (χ0) is 18.2. The molecule has 0 N–H and O–H groups in total. The maximum Gasteiger partial charge on any atom is 0.350 e. The van der Waals surface area contributed by atoms with E-state index in [4.69, 9.17) is 9.47 Å². The summed E-state index contributed by atoms with van der Waals surface area (Å²) < 4.78 is 10.5. The van der Waals surface area contributed by atoms with E-state index >= 15 is 0 Å². The molecule has 2 rings (SSSR count). The van der Waals surface area contributed by atoms with Crippen LogP contribution in [0.1, 0.15) is 61.3 Å². The summed E-state index contributed by atoms with van der Waals surface area (Å²) in [6.45, 7) is 7.92. The number of carbonyl (C=O) groups excluding carboxylic acids is 2. The minimum absolute atomic E-state index is 0.0226. The summed E-state index contributed by atoms with van der Waals surface area (Å²) in [6.07, 6.45) is 4.58. The molecule has 0 saturated carbocycles. The first kappa shape index (κ1) is 19.8. The average molecular weight is 368 g/mol. The van der Waals surface area contributed by atoms with Crippen LogP contribution in [0.2, 0.25) is 0 Å². The first-order valence-electron chi connectivity index (χ1n) is 9.12. The molecule has 1 aliphatic heterocycles. The van der Waals surface area contributed by atoms with Crippen LogP contribution in [-0.4, -0.2) is 43.2 Å². The Kier molecular flexibility index (Phi) is 7.84. The van der Waals surface area contributed by atoms with Gasteiger partial charge in [0, 0.05) is 25.7 Å². The summed E-state index contributed by atoms with van der Waals surface area (Å²) in [5.74, 6) is -0.287. The lowest BCUT2D eigenvalue weighted by molar-refractivity contribution is -0.125. The number of rotatable bonds is 8. The minimum Gasteiger partial charge on any atom is -0.462 e. The maximum atomic E-state index is 13.0. The number of anilines is 1. The Bertz CT molecular complexity index is 582. The Morgan fingerprint density at radius 3 is 2.64 bits per heavy atom. The number of aryl methyl sites for hydroxylation is 1. The van der Waals surface area contributed by atoms with Gasteiger partial charge in [0.15, 0.2) is 5.13 Å². The largest absolute Gasteiger partial charge is 0.462 e. The Morgan fingerprint density at radius 1 is 1.28 bits per heavy atom. The third-order valence-electron chi connectivity index (χ3n) is 4.30. The molecular weight excluding hydrogens is 340 g/mol. The van der Waals surface area contributed by atoms with Crippen molar-refractivity contribution in [3.8, 4) is 0 Å². The lowest BCUT2D eigenvalue weighted by Gasteiger charge is -2.27. The van der Waals surface area contributed by atoms with Gasteiger partial charge in [-0.15, -0.1) is 0 Å². The molecular formula is C18H28N2O4S. The molecule has 0 spiro atoms. The first-order chi connectivity index (χ1) is 12.1. The highest BCUT2D eigenvalue weighted by Crippen LogP contribution is 2.30. The van der Waals surface area contributed by atoms with E-state index in [0.717, 1.165) is 32.1 Å². The van der Waals surface area contributed by atoms with Gasteiger partial charge in [0.25, 0.3) is 0 Å². The normalized spacial score (nSPS) is 15.2. The van der Waals surface area contributed by atoms with Crippen molar-refractivity contribution in [2.45, 2.75) is 52.9 Å². The maximum absolute atomic E-state index is 13.0. The molecule has 6 nitrogen and oxygen atoms in total. The van der Waals surface area contributed by atoms with E-state index in [1.165, 1.54) is 11.3 Å². The Morgan fingerprint density at radius 2 is 2.00 bits per heavy atom. The Hall–Kier alpha value is -1.47. The molecule has 0 aromatic carbocycles. The number of thiazole rings is 1. The van der Waals surface area contributed by atoms with Crippen LogP contribution in [-0.2, 0) is 14.3 Å². The molecule has 1 aromatic heterocycles. The van der Waals surface area contributed by atoms with Crippen LogP contribution in [0.4, 0.5) is 5.13 Å². The fraction of sp³-hybridized carbons (Fsp3) is 0.722. The number of esters is 1. The highest BCUT2D eigenvalue weighted by molar-refractivity contribution is 7.17. The molecule has 1 aromatic rings. The third kappa shape index (κ3) is 5.25. The highest BCUT2D eigenvalue weighted by Gasteiger charge is 2.30. The van der Waals surface area contributed by atoms with Gasteiger partial charge in [-0.2, -0.15) is 0 Å². The van der Waals surface area contributed by atoms with Gasteiger partial charge in [0.1, 0.15) is 4.88 Å². The summed E-state index contributed by atoms with van der Waals surface area (Å²) in [6, 6.07) is 0. The second kappa shape index (κ2) is 9.87. The quantitative estimate of drug-likeness (QED) is 0.518. The van der Waals surface area contributed by atoms with Crippen molar-refractivity contribution in [2.75, 3.05) is 31.3 Å². The van der Waals surface area contributed by atoms with Crippen LogP contribution < -0.4 is 4.90 Å². The summed E-state index contributed by atoms with van der Waals surface area (Å²) in [5.41, 5.74) is 0.624. The lowest BCUT2D eigenvalue weighted by Crippen LogP contribution is -2.39. The van der Waals surface area contributed by atoms with Crippen molar-refractivity contribution in [3.63, 3.8) is 0 Å². The van der Waals surface area contributed by atoms with E-state index in [-0.39, 0.29) is 17.8 Å². The summed E-state index contributed by atoms with van der Waals surface area (Å²) in [4.78, 5) is 31.8. The van der Waals surface area contributed by atoms with Gasteiger partial charge in [0.2, 0.25) is 5.91 Å². The van der Waals surface area contributed by atoms with Crippen LogP contribution in [0, 0.1) is 12.8 Å². The number of nitrogens with zero attached hydrogens (tertiary/aromatic N) is 2. The molecule has 2 heterocycles. The molecule has 1 fully saturated rings. The van der Waals surface area contributed by atoms with Gasteiger partial charge in [-0.1, -0.05) is 31.1 Å². The van der Waals surface area contributed by atoms with Crippen molar-refractivity contribution < 1.29 is 19.1 Å². The average Bonchev–Trinajstić information content (AvgIpc) is 3.01.